The Balaban J connectivity index is 2.97. The smallest absolute Gasteiger partial charge is 0.151 e. The van der Waals surface area contributed by atoms with Gasteiger partial charge in [0, 0.05) is 12.1 Å². The molecule has 84 valence electrons. The number of aromatic nitrogens is 2. The molecule has 0 aliphatic rings. The van der Waals surface area contributed by atoms with Gasteiger partial charge in [-0.2, -0.15) is 0 Å². The van der Waals surface area contributed by atoms with Crippen molar-refractivity contribution in [2.24, 2.45) is 0 Å². The molecule has 1 heterocycles. The lowest BCUT2D eigenvalue weighted by atomic mass is 10.0. The summed E-state index contributed by atoms with van der Waals surface area (Å²) < 4.78 is 0. The second-order valence-corrected chi connectivity index (χ2v) is 4.45. The molecule has 0 aromatic carbocycles. The van der Waals surface area contributed by atoms with Crippen molar-refractivity contribution in [2.75, 3.05) is 0 Å². The first-order chi connectivity index (χ1) is 7.10. The van der Waals surface area contributed by atoms with Gasteiger partial charge in [0.25, 0.3) is 0 Å². The van der Waals surface area contributed by atoms with Crippen LogP contribution in [0.2, 0.25) is 5.15 Å². The van der Waals surface area contributed by atoms with E-state index in [2.05, 4.69) is 37.7 Å². The van der Waals surface area contributed by atoms with Crippen molar-refractivity contribution in [3.05, 3.63) is 22.7 Å². The Kier molecular flexibility index (Phi) is 4.52. The summed E-state index contributed by atoms with van der Waals surface area (Å²) in [5.74, 6) is 0.817. The zero-order valence-electron chi connectivity index (χ0n) is 9.92. The minimum atomic E-state index is 0.385. The first-order valence-electron chi connectivity index (χ1n) is 5.62. The van der Waals surface area contributed by atoms with E-state index < -0.39 is 0 Å². The van der Waals surface area contributed by atoms with Crippen LogP contribution in [0.15, 0.2) is 6.20 Å². The Labute approximate surface area is 97.1 Å². The maximum Gasteiger partial charge on any atom is 0.151 e. The fourth-order valence-electron chi connectivity index (χ4n) is 1.36. The van der Waals surface area contributed by atoms with E-state index in [1.54, 1.807) is 0 Å². The molecule has 0 N–H and O–H groups in total. The third kappa shape index (κ3) is 2.91. The van der Waals surface area contributed by atoms with Crippen molar-refractivity contribution in [3.8, 4) is 0 Å². The monoisotopic (exact) mass is 226 g/mol. The Morgan fingerprint density at radius 3 is 2.27 bits per heavy atom. The number of hydrogen-bond acceptors (Lipinski definition) is 2. The molecule has 0 saturated carbocycles. The van der Waals surface area contributed by atoms with Crippen molar-refractivity contribution in [1.29, 1.82) is 0 Å². The van der Waals surface area contributed by atoms with Crippen molar-refractivity contribution in [3.63, 3.8) is 0 Å². The molecule has 0 spiro atoms. The fourth-order valence-corrected chi connectivity index (χ4v) is 1.69. The van der Waals surface area contributed by atoms with Crippen LogP contribution in [0.1, 0.15) is 63.8 Å². The molecular weight excluding hydrogens is 208 g/mol. The van der Waals surface area contributed by atoms with Gasteiger partial charge in [-0.1, -0.05) is 39.3 Å². The zero-order valence-corrected chi connectivity index (χ0v) is 10.7. The van der Waals surface area contributed by atoms with E-state index in [1.165, 1.54) is 0 Å². The summed E-state index contributed by atoms with van der Waals surface area (Å²) in [5, 5.41) is 0.571. The summed E-state index contributed by atoms with van der Waals surface area (Å²) in [6.07, 6.45) is 3.96. The summed E-state index contributed by atoms with van der Waals surface area (Å²) in [5.41, 5.74) is 1.92. The van der Waals surface area contributed by atoms with Crippen LogP contribution in [-0.2, 0) is 0 Å². The number of rotatable bonds is 4. The van der Waals surface area contributed by atoms with Gasteiger partial charge < -0.3 is 0 Å². The zero-order chi connectivity index (χ0) is 11.4. The first kappa shape index (κ1) is 12.4. The lowest BCUT2D eigenvalue weighted by Gasteiger charge is -2.12. The quantitative estimate of drug-likeness (QED) is 0.771. The van der Waals surface area contributed by atoms with Crippen LogP contribution in [0.25, 0.3) is 0 Å². The van der Waals surface area contributed by atoms with Crippen LogP contribution in [0.4, 0.5) is 0 Å². The maximum atomic E-state index is 6.13. The maximum absolute atomic E-state index is 6.13. The van der Waals surface area contributed by atoms with E-state index in [1.807, 2.05) is 6.20 Å². The summed E-state index contributed by atoms with van der Waals surface area (Å²) in [4.78, 5) is 8.84. The normalized spacial score (nSPS) is 15.0. The van der Waals surface area contributed by atoms with E-state index in [-0.39, 0.29) is 0 Å². The molecule has 0 saturated heterocycles. The van der Waals surface area contributed by atoms with Crippen molar-refractivity contribution in [1.82, 2.24) is 9.97 Å². The standard InChI is InChI=1S/C12H19ClN2/c1-5-8(3)10-7-14-11(9(4)6-2)12(13)15-10/h7-9H,5-6H2,1-4H3. The van der Waals surface area contributed by atoms with Gasteiger partial charge in [-0.3, -0.25) is 4.98 Å². The van der Waals surface area contributed by atoms with E-state index in [0.717, 1.165) is 24.2 Å². The highest BCUT2D eigenvalue weighted by molar-refractivity contribution is 6.30. The van der Waals surface area contributed by atoms with Crippen LogP contribution in [-0.4, -0.2) is 9.97 Å². The van der Waals surface area contributed by atoms with Gasteiger partial charge in [0.15, 0.2) is 5.15 Å². The fraction of sp³-hybridized carbons (Fsp3) is 0.667. The van der Waals surface area contributed by atoms with Crippen LogP contribution in [0.3, 0.4) is 0 Å². The third-order valence-electron chi connectivity index (χ3n) is 2.97. The molecule has 0 bridgehead atoms. The Hall–Kier alpha value is -0.630. The Bertz CT molecular complexity index is 325. The summed E-state index contributed by atoms with van der Waals surface area (Å²) in [6, 6.07) is 0. The average Bonchev–Trinajstić information content (AvgIpc) is 2.26. The van der Waals surface area contributed by atoms with Crippen molar-refractivity contribution < 1.29 is 0 Å². The predicted molar refractivity (Wildman–Crippen MR) is 64.5 cm³/mol. The number of nitrogens with zero attached hydrogens (tertiary/aromatic N) is 2. The van der Waals surface area contributed by atoms with E-state index >= 15 is 0 Å². The SMILES string of the molecule is CCC(C)c1cnc(C(C)CC)c(Cl)n1. The lowest BCUT2D eigenvalue weighted by Crippen LogP contribution is -2.03. The Morgan fingerprint density at radius 2 is 1.80 bits per heavy atom. The molecule has 2 nitrogen and oxygen atoms in total. The van der Waals surface area contributed by atoms with Gasteiger partial charge in [0.05, 0.1) is 11.4 Å². The topological polar surface area (TPSA) is 25.8 Å². The van der Waals surface area contributed by atoms with Gasteiger partial charge in [-0.05, 0) is 18.8 Å². The number of hydrogen-bond donors (Lipinski definition) is 0. The van der Waals surface area contributed by atoms with Gasteiger partial charge in [-0.15, -0.1) is 0 Å². The molecule has 1 aromatic heterocycles. The molecule has 2 atom stereocenters. The third-order valence-corrected chi connectivity index (χ3v) is 3.25. The largest absolute Gasteiger partial charge is 0.256 e. The minimum absolute atomic E-state index is 0.385. The molecular formula is C12H19ClN2. The van der Waals surface area contributed by atoms with Gasteiger partial charge >= 0.3 is 0 Å². The summed E-state index contributed by atoms with van der Waals surface area (Å²) >= 11 is 6.13. The van der Waals surface area contributed by atoms with E-state index in [0.29, 0.717) is 17.0 Å². The average molecular weight is 227 g/mol. The van der Waals surface area contributed by atoms with Crippen LogP contribution in [0.5, 0.6) is 0 Å². The second-order valence-electron chi connectivity index (χ2n) is 4.09. The highest BCUT2D eigenvalue weighted by Crippen LogP contribution is 2.25. The second kappa shape index (κ2) is 5.45. The van der Waals surface area contributed by atoms with Gasteiger partial charge in [0.1, 0.15) is 0 Å². The molecule has 0 fully saturated rings. The van der Waals surface area contributed by atoms with Crippen LogP contribution in [0, 0.1) is 0 Å². The molecule has 3 heteroatoms. The highest BCUT2D eigenvalue weighted by Gasteiger charge is 2.13. The highest BCUT2D eigenvalue weighted by atomic mass is 35.5. The molecule has 15 heavy (non-hydrogen) atoms. The molecule has 0 aliphatic heterocycles. The molecule has 2 unspecified atom stereocenters. The van der Waals surface area contributed by atoms with Gasteiger partial charge in [0.2, 0.25) is 0 Å². The van der Waals surface area contributed by atoms with E-state index in [4.69, 9.17) is 11.6 Å². The molecule has 0 radical (unpaired) electrons. The van der Waals surface area contributed by atoms with Crippen LogP contribution >= 0.6 is 11.6 Å². The first-order valence-corrected chi connectivity index (χ1v) is 6.00. The summed E-state index contributed by atoms with van der Waals surface area (Å²) in [6.45, 7) is 8.54. The molecule has 0 amide bonds. The van der Waals surface area contributed by atoms with E-state index in [9.17, 15) is 0 Å². The summed E-state index contributed by atoms with van der Waals surface area (Å²) in [7, 11) is 0. The Morgan fingerprint density at radius 1 is 1.20 bits per heavy atom. The van der Waals surface area contributed by atoms with Crippen molar-refractivity contribution in [2.45, 2.75) is 52.4 Å². The predicted octanol–water partition coefficient (Wildman–Crippen LogP) is 4.16. The minimum Gasteiger partial charge on any atom is -0.256 e. The molecule has 1 aromatic rings. The molecule has 0 aliphatic carbocycles. The van der Waals surface area contributed by atoms with Crippen LogP contribution < -0.4 is 0 Å². The van der Waals surface area contributed by atoms with Crippen molar-refractivity contribution >= 4 is 11.6 Å². The lowest BCUT2D eigenvalue weighted by molar-refractivity contribution is 0.673. The molecule has 1 rings (SSSR count). The number of halogens is 1. The van der Waals surface area contributed by atoms with Gasteiger partial charge in [-0.25, -0.2) is 4.98 Å².